The van der Waals surface area contributed by atoms with E-state index >= 15 is 0 Å². The zero-order valence-corrected chi connectivity index (χ0v) is 13.2. The highest BCUT2D eigenvalue weighted by atomic mass is 32.2. The monoisotopic (exact) mass is 309 g/mol. The van der Waals surface area contributed by atoms with Crippen molar-refractivity contribution in [3.63, 3.8) is 0 Å². The van der Waals surface area contributed by atoms with Crippen LogP contribution in [-0.2, 0) is 10.0 Å². The molecule has 116 valence electrons. The quantitative estimate of drug-likeness (QED) is 0.894. The molecule has 6 heteroatoms. The Morgan fingerprint density at radius 2 is 1.95 bits per heavy atom. The molecule has 2 fully saturated rings. The Kier molecular flexibility index (Phi) is 4.08. The molecular weight excluding hydrogens is 286 g/mol. The van der Waals surface area contributed by atoms with Gasteiger partial charge in [0.05, 0.1) is 11.9 Å². The fourth-order valence-electron chi connectivity index (χ4n) is 3.52. The van der Waals surface area contributed by atoms with Crippen molar-refractivity contribution in [2.45, 2.75) is 37.8 Å². The number of rotatable bonds is 4. The summed E-state index contributed by atoms with van der Waals surface area (Å²) in [5.41, 5.74) is 1.60. The first-order valence-electron chi connectivity index (χ1n) is 7.60. The highest BCUT2D eigenvalue weighted by molar-refractivity contribution is 7.92. The lowest BCUT2D eigenvalue weighted by Gasteiger charge is -2.33. The van der Waals surface area contributed by atoms with Crippen LogP contribution < -0.4 is 10.0 Å². The normalized spacial score (nSPS) is 26.3. The number of fused-ring (bicyclic) bond motifs is 1. The van der Waals surface area contributed by atoms with Gasteiger partial charge < -0.3 is 5.32 Å². The van der Waals surface area contributed by atoms with Crippen LogP contribution in [0.15, 0.2) is 24.3 Å². The topological polar surface area (TPSA) is 61.4 Å². The van der Waals surface area contributed by atoms with E-state index in [0.29, 0.717) is 17.8 Å². The van der Waals surface area contributed by atoms with Crippen molar-refractivity contribution >= 4 is 21.4 Å². The number of nitrogens with one attached hydrogen (secondary N) is 2. The first kappa shape index (κ1) is 14.7. The molecule has 0 spiro atoms. The third kappa shape index (κ3) is 3.68. The van der Waals surface area contributed by atoms with Gasteiger partial charge in [0.25, 0.3) is 0 Å². The maximum absolute atomic E-state index is 11.3. The van der Waals surface area contributed by atoms with Gasteiger partial charge >= 0.3 is 0 Å². The predicted molar refractivity (Wildman–Crippen MR) is 86.1 cm³/mol. The van der Waals surface area contributed by atoms with E-state index in [2.05, 4.69) is 14.9 Å². The lowest BCUT2D eigenvalue weighted by atomic mass is 9.99. The van der Waals surface area contributed by atoms with E-state index < -0.39 is 10.0 Å². The summed E-state index contributed by atoms with van der Waals surface area (Å²) in [6.45, 7) is 2.39. The minimum absolute atomic E-state index is 0.471. The van der Waals surface area contributed by atoms with E-state index in [1.165, 1.54) is 38.6 Å². The molecule has 0 aromatic heterocycles. The first-order chi connectivity index (χ1) is 10.0. The second kappa shape index (κ2) is 5.85. The van der Waals surface area contributed by atoms with Gasteiger partial charge in [-0.25, -0.2) is 8.42 Å². The zero-order chi connectivity index (χ0) is 14.9. The molecule has 2 aliphatic rings. The summed E-state index contributed by atoms with van der Waals surface area (Å²) in [6, 6.07) is 8.62. The summed E-state index contributed by atoms with van der Waals surface area (Å²) in [7, 11) is -3.23. The maximum atomic E-state index is 11.3. The summed E-state index contributed by atoms with van der Waals surface area (Å²) in [6.07, 6.45) is 6.23. The van der Waals surface area contributed by atoms with Crippen molar-refractivity contribution in [2.75, 3.05) is 29.4 Å². The predicted octanol–water partition coefficient (Wildman–Crippen LogP) is 2.10. The molecule has 0 aliphatic carbocycles. The van der Waals surface area contributed by atoms with Crippen LogP contribution in [0, 0.1) is 0 Å². The van der Waals surface area contributed by atoms with Gasteiger partial charge in [-0.1, -0.05) is 12.5 Å². The molecule has 2 atom stereocenters. The Labute approximate surface area is 126 Å². The van der Waals surface area contributed by atoms with Gasteiger partial charge in [0, 0.05) is 24.3 Å². The highest BCUT2D eigenvalue weighted by Crippen LogP contribution is 2.29. The Morgan fingerprint density at radius 1 is 1.14 bits per heavy atom. The minimum Gasteiger partial charge on any atom is -0.381 e. The van der Waals surface area contributed by atoms with Crippen LogP contribution in [0.3, 0.4) is 0 Å². The number of anilines is 2. The van der Waals surface area contributed by atoms with E-state index in [-0.39, 0.29) is 0 Å². The molecule has 0 radical (unpaired) electrons. The lowest BCUT2D eigenvalue weighted by molar-refractivity contribution is 0.193. The molecule has 2 aliphatic heterocycles. The summed E-state index contributed by atoms with van der Waals surface area (Å²) < 4.78 is 25.1. The average Bonchev–Trinajstić information content (AvgIpc) is 2.81. The van der Waals surface area contributed by atoms with Gasteiger partial charge in [-0.3, -0.25) is 9.62 Å². The average molecular weight is 309 g/mol. The number of sulfonamides is 1. The van der Waals surface area contributed by atoms with Gasteiger partial charge in [0.1, 0.15) is 0 Å². The van der Waals surface area contributed by atoms with E-state index in [1.54, 1.807) is 6.07 Å². The number of piperidine rings is 1. The molecule has 21 heavy (non-hydrogen) atoms. The first-order valence-corrected chi connectivity index (χ1v) is 9.49. The molecule has 2 unspecified atom stereocenters. The second-order valence-electron chi connectivity index (χ2n) is 6.09. The standard InChI is InChI=1S/C15H23N3O2S/c1-21(19,20)17-13-6-4-5-12(11-13)16-14-8-10-18-9-3-2-7-15(14)18/h4-6,11,14-17H,2-3,7-10H2,1H3. The highest BCUT2D eigenvalue weighted by Gasteiger charge is 2.35. The SMILES string of the molecule is CS(=O)(=O)Nc1cccc(NC2CCN3CCCCC23)c1. The third-order valence-corrected chi connectivity index (χ3v) is 4.98. The van der Waals surface area contributed by atoms with E-state index in [1.807, 2.05) is 18.2 Å². The molecular formula is C15H23N3O2S. The fraction of sp³-hybridized carbons (Fsp3) is 0.600. The van der Waals surface area contributed by atoms with Crippen molar-refractivity contribution in [3.05, 3.63) is 24.3 Å². The number of hydrogen-bond acceptors (Lipinski definition) is 4. The summed E-state index contributed by atoms with van der Waals surface area (Å²) in [4.78, 5) is 2.58. The minimum atomic E-state index is -3.23. The van der Waals surface area contributed by atoms with Crippen LogP contribution in [-0.4, -0.2) is 44.7 Å². The summed E-state index contributed by atoms with van der Waals surface area (Å²) in [5.74, 6) is 0. The van der Waals surface area contributed by atoms with Gasteiger partial charge in [0.15, 0.2) is 0 Å². The molecule has 0 saturated carbocycles. The zero-order valence-electron chi connectivity index (χ0n) is 12.4. The van der Waals surface area contributed by atoms with E-state index in [0.717, 1.165) is 12.1 Å². The molecule has 0 amide bonds. The molecule has 5 nitrogen and oxygen atoms in total. The molecule has 2 N–H and O–H groups in total. The number of hydrogen-bond donors (Lipinski definition) is 2. The Bertz CT molecular complexity index is 603. The molecule has 0 bridgehead atoms. The fourth-order valence-corrected chi connectivity index (χ4v) is 4.07. The van der Waals surface area contributed by atoms with Crippen molar-refractivity contribution in [3.8, 4) is 0 Å². The Balaban J connectivity index is 1.69. The van der Waals surface area contributed by atoms with Gasteiger partial charge in [-0.15, -0.1) is 0 Å². The summed E-state index contributed by atoms with van der Waals surface area (Å²) in [5, 5.41) is 3.59. The van der Waals surface area contributed by atoms with Crippen LogP contribution in [0.2, 0.25) is 0 Å². The molecule has 2 heterocycles. The van der Waals surface area contributed by atoms with E-state index in [4.69, 9.17) is 0 Å². The van der Waals surface area contributed by atoms with Crippen LogP contribution in [0.4, 0.5) is 11.4 Å². The van der Waals surface area contributed by atoms with Crippen molar-refractivity contribution in [2.24, 2.45) is 0 Å². The van der Waals surface area contributed by atoms with E-state index in [9.17, 15) is 8.42 Å². The Hall–Kier alpha value is -1.27. The van der Waals surface area contributed by atoms with Crippen molar-refractivity contribution in [1.82, 2.24) is 4.90 Å². The van der Waals surface area contributed by atoms with Gasteiger partial charge in [-0.05, 0) is 44.0 Å². The van der Waals surface area contributed by atoms with Gasteiger partial charge in [-0.2, -0.15) is 0 Å². The number of nitrogens with zero attached hydrogens (tertiary/aromatic N) is 1. The second-order valence-corrected chi connectivity index (χ2v) is 7.84. The maximum Gasteiger partial charge on any atom is 0.229 e. The number of benzene rings is 1. The molecule has 1 aromatic rings. The summed E-state index contributed by atoms with van der Waals surface area (Å²) >= 11 is 0. The third-order valence-electron chi connectivity index (χ3n) is 4.37. The van der Waals surface area contributed by atoms with Gasteiger partial charge in [0.2, 0.25) is 10.0 Å². The largest absolute Gasteiger partial charge is 0.381 e. The lowest BCUT2D eigenvalue weighted by Crippen LogP contribution is -2.41. The van der Waals surface area contributed by atoms with Crippen LogP contribution >= 0.6 is 0 Å². The molecule has 1 aromatic carbocycles. The van der Waals surface area contributed by atoms with Crippen LogP contribution in [0.25, 0.3) is 0 Å². The molecule has 3 rings (SSSR count). The van der Waals surface area contributed by atoms with Crippen molar-refractivity contribution in [1.29, 1.82) is 0 Å². The van der Waals surface area contributed by atoms with Crippen LogP contribution in [0.5, 0.6) is 0 Å². The van der Waals surface area contributed by atoms with Crippen molar-refractivity contribution < 1.29 is 8.42 Å². The van der Waals surface area contributed by atoms with Crippen LogP contribution in [0.1, 0.15) is 25.7 Å². The smallest absolute Gasteiger partial charge is 0.229 e. The Morgan fingerprint density at radius 3 is 2.76 bits per heavy atom. The molecule has 2 saturated heterocycles.